The van der Waals surface area contributed by atoms with Crippen LogP contribution in [-0.2, 0) is 17.9 Å². The van der Waals surface area contributed by atoms with Crippen LogP contribution in [0, 0.1) is 0 Å². The van der Waals surface area contributed by atoms with Crippen molar-refractivity contribution in [3.8, 4) is 0 Å². The van der Waals surface area contributed by atoms with Gasteiger partial charge in [-0.15, -0.1) is 11.3 Å². The zero-order valence-electron chi connectivity index (χ0n) is 18.0. The van der Waals surface area contributed by atoms with E-state index in [-0.39, 0.29) is 30.0 Å². The molecule has 1 saturated carbocycles. The van der Waals surface area contributed by atoms with Gasteiger partial charge in [-0.25, -0.2) is 4.79 Å². The van der Waals surface area contributed by atoms with Crippen molar-refractivity contribution in [2.75, 3.05) is 24.2 Å². The summed E-state index contributed by atoms with van der Waals surface area (Å²) in [6, 6.07) is 3.68. The summed E-state index contributed by atoms with van der Waals surface area (Å²) in [6.07, 6.45) is 5.23. The molecule has 170 valence electrons. The molecule has 0 unspecified atom stereocenters. The van der Waals surface area contributed by atoms with Crippen LogP contribution in [0.3, 0.4) is 0 Å². The Morgan fingerprint density at radius 2 is 2.03 bits per heavy atom. The van der Waals surface area contributed by atoms with Gasteiger partial charge < -0.3 is 10.6 Å². The van der Waals surface area contributed by atoms with Crippen LogP contribution in [0.25, 0.3) is 0 Å². The molecule has 0 saturated heterocycles. The molecule has 8 nitrogen and oxygen atoms in total. The average Bonchev–Trinajstić information content (AvgIpc) is 3.36. The van der Waals surface area contributed by atoms with Crippen molar-refractivity contribution >= 4 is 40.4 Å². The van der Waals surface area contributed by atoms with Gasteiger partial charge in [-0.05, 0) is 38.4 Å². The molecular weight excluding hydrogens is 438 g/mol. The molecule has 0 spiro atoms. The maximum absolute atomic E-state index is 13.4. The van der Waals surface area contributed by atoms with Crippen LogP contribution in [0.4, 0.5) is 11.5 Å². The fraction of sp³-hybridized carbons (Fsp3) is 0.571. The number of nitrogens with one attached hydrogen (secondary N) is 1. The van der Waals surface area contributed by atoms with Gasteiger partial charge in [0.15, 0.2) is 5.69 Å². The second-order valence-electron chi connectivity index (χ2n) is 8.08. The summed E-state index contributed by atoms with van der Waals surface area (Å²) in [5.74, 6) is -0.134. The van der Waals surface area contributed by atoms with Crippen LogP contribution in [0.2, 0.25) is 4.34 Å². The minimum absolute atomic E-state index is 0.0649. The molecule has 1 aliphatic carbocycles. The molecule has 1 fully saturated rings. The lowest BCUT2D eigenvalue weighted by Crippen LogP contribution is -2.48. The van der Waals surface area contributed by atoms with Crippen molar-refractivity contribution in [2.45, 2.75) is 64.6 Å². The zero-order valence-corrected chi connectivity index (χ0v) is 19.6. The number of nitrogens with two attached hydrogens (primary N) is 1. The van der Waals surface area contributed by atoms with Crippen LogP contribution >= 0.6 is 22.9 Å². The van der Waals surface area contributed by atoms with E-state index in [0.29, 0.717) is 17.4 Å². The third-order valence-corrected chi connectivity index (χ3v) is 6.82. The fourth-order valence-electron chi connectivity index (χ4n) is 4.09. The number of amides is 1. The Balaban J connectivity index is 1.91. The Morgan fingerprint density at radius 1 is 1.32 bits per heavy atom. The molecule has 0 radical (unpaired) electrons. The van der Waals surface area contributed by atoms with E-state index < -0.39 is 11.2 Å². The number of carbonyl (C=O) groups is 1. The summed E-state index contributed by atoms with van der Waals surface area (Å²) in [5.41, 5.74) is 5.26. The number of thiophene rings is 1. The van der Waals surface area contributed by atoms with Crippen LogP contribution in [0.5, 0.6) is 0 Å². The Bertz CT molecular complexity index is 1020. The number of nitrogens with zero attached hydrogens (tertiary/aromatic N) is 3. The maximum atomic E-state index is 13.4. The number of halogens is 1. The van der Waals surface area contributed by atoms with E-state index in [1.54, 1.807) is 4.90 Å². The Kier molecular flexibility index (Phi) is 7.96. The van der Waals surface area contributed by atoms with Crippen molar-refractivity contribution in [3.63, 3.8) is 0 Å². The van der Waals surface area contributed by atoms with Crippen molar-refractivity contribution in [1.82, 2.24) is 14.5 Å². The van der Waals surface area contributed by atoms with Gasteiger partial charge in [0.1, 0.15) is 5.82 Å². The number of likely N-dealkylation sites (N-methyl/N-ethyl adjacent to an activating group) is 1. The number of H-pyrrole nitrogens is 1. The molecule has 0 aliphatic heterocycles. The Hall–Kier alpha value is -2.10. The van der Waals surface area contributed by atoms with Crippen LogP contribution < -0.4 is 21.9 Å². The minimum atomic E-state index is -0.608. The average molecular weight is 468 g/mol. The number of hydrogen-bond acceptors (Lipinski definition) is 6. The molecular formula is C21H30ClN5O3S. The standard InChI is InChI=1S/C21H30ClN5O3S/c1-3-4-11-26-19(23)18(20(29)24-21(26)30)27(14-7-5-6-8-14)17(28)13-25(2)12-15-9-10-16(22)31-15/h9-10,14H,3-8,11-13,23H2,1-2H3,(H,24,29,30). The molecule has 2 heterocycles. The van der Waals surface area contributed by atoms with Crippen molar-refractivity contribution in [2.24, 2.45) is 0 Å². The summed E-state index contributed by atoms with van der Waals surface area (Å²) in [7, 11) is 1.86. The number of carbonyl (C=O) groups excluding carboxylic acids is 1. The van der Waals surface area contributed by atoms with E-state index >= 15 is 0 Å². The molecule has 3 rings (SSSR count). The number of hydrogen-bond donors (Lipinski definition) is 2. The highest BCUT2D eigenvalue weighted by atomic mass is 35.5. The molecule has 3 N–H and O–H groups in total. The first kappa shape index (κ1) is 23.6. The summed E-state index contributed by atoms with van der Waals surface area (Å²) in [6.45, 7) is 3.11. The molecule has 31 heavy (non-hydrogen) atoms. The highest BCUT2D eigenvalue weighted by molar-refractivity contribution is 7.16. The summed E-state index contributed by atoms with van der Waals surface area (Å²) in [4.78, 5) is 45.4. The quantitative estimate of drug-likeness (QED) is 0.589. The summed E-state index contributed by atoms with van der Waals surface area (Å²) < 4.78 is 2.07. The van der Waals surface area contributed by atoms with E-state index in [0.717, 1.165) is 43.4 Å². The van der Waals surface area contributed by atoms with Gasteiger partial charge in [-0.2, -0.15) is 0 Å². The molecule has 1 aliphatic rings. The number of nitrogen functional groups attached to an aromatic ring is 1. The van der Waals surface area contributed by atoms with Crippen molar-refractivity contribution < 1.29 is 4.79 Å². The monoisotopic (exact) mass is 467 g/mol. The molecule has 10 heteroatoms. The van der Waals surface area contributed by atoms with Gasteiger partial charge >= 0.3 is 5.69 Å². The lowest BCUT2D eigenvalue weighted by Gasteiger charge is -2.31. The van der Waals surface area contributed by atoms with Gasteiger partial charge in [-0.1, -0.05) is 37.8 Å². The molecule has 2 aromatic heterocycles. The first-order chi connectivity index (χ1) is 14.8. The number of rotatable bonds is 9. The minimum Gasteiger partial charge on any atom is -0.383 e. The van der Waals surface area contributed by atoms with E-state index in [9.17, 15) is 14.4 Å². The smallest absolute Gasteiger partial charge is 0.330 e. The predicted octanol–water partition coefficient (Wildman–Crippen LogP) is 3.04. The fourth-order valence-corrected chi connectivity index (χ4v) is 5.26. The maximum Gasteiger partial charge on any atom is 0.330 e. The van der Waals surface area contributed by atoms with Crippen LogP contribution in [0.1, 0.15) is 50.3 Å². The Labute approximate surface area is 190 Å². The SMILES string of the molecule is CCCCn1c(N)c(N(C(=O)CN(C)Cc2ccc(Cl)s2)C2CCCC2)c(=O)[nH]c1=O. The van der Waals surface area contributed by atoms with Gasteiger partial charge in [0.2, 0.25) is 5.91 Å². The number of aromatic amines is 1. The van der Waals surface area contributed by atoms with Crippen LogP contribution in [-0.4, -0.2) is 40.0 Å². The number of anilines is 2. The predicted molar refractivity (Wildman–Crippen MR) is 126 cm³/mol. The van der Waals surface area contributed by atoms with Gasteiger partial charge in [0, 0.05) is 24.0 Å². The Morgan fingerprint density at radius 3 is 2.65 bits per heavy atom. The van der Waals surface area contributed by atoms with Gasteiger partial charge in [0.25, 0.3) is 5.56 Å². The van der Waals surface area contributed by atoms with E-state index in [1.165, 1.54) is 15.9 Å². The van der Waals surface area contributed by atoms with Gasteiger partial charge in [-0.3, -0.25) is 24.0 Å². The second-order valence-corrected chi connectivity index (χ2v) is 9.88. The highest BCUT2D eigenvalue weighted by Crippen LogP contribution is 2.30. The van der Waals surface area contributed by atoms with Crippen molar-refractivity contribution in [3.05, 3.63) is 42.2 Å². The largest absolute Gasteiger partial charge is 0.383 e. The molecule has 1 amide bonds. The van der Waals surface area contributed by atoms with Crippen molar-refractivity contribution in [1.29, 1.82) is 0 Å². The lowest BCUT2D eigenvalue weighted by molar-refractivity contribution is -0.120. The lowest BCUT2D eigenvalue weighted by atomic mass is 10.1. The normalized spacial score (nSPS) is 14.5. The number of unbranched alkanes of at least 4 members (excludes halogenated alkanes) is 1. The van der Waals surface area contributed by atoms with Crippen LogP contribution in [0.15, 0.2) is 21.7 Å². The molecule has 2 aromatic rings. The zero-order chi connectivity index (χ0) is 22.5. The van der Waals surface area contributed by atoms with Gasteiger partial charge in [0.05, 0.1) is 10.9 Å². The molecule has 0 aromatic carbocycles. The highest BCUT2D eigenvalue weighted by Gasteiger charge is 2.33. The topological polar surface area (TPSA) is 104 Å². The summed E-state index contributed by atoms with van der Waals surface area (Å²) in [5, 5.41) is 0. The molecule has 0 atom stereocenters. The van der Waals surface area contributed by atoms with E-state index in [4.69, 9.17) is 17.3 Å². The summed E-state index contributed by atoms with van der Waals surface area (Å²) >= 11 is 7.48. The van der Waals surface area contributed by atoms with E-state index in [1.807, 2.05) is 31.0 Å². The number of aromatic nitrogens is 2. The van der Waals surface area contributed by atoms with E-state index in [2.05, 4.69) is 4.98 Å². The first-order valence-electron chi connectivity index (χ1n) is 10.7. The third kappa shape index (κ3) is 5.58. The third-order valence-electron chi connectivity index (χ3n) is 5.61. The molecule has 0 bridgehead atoms. The first-order valence-corrected chi connectivity index (χ1v) is 11.9. The second kappa shape index (κ2) is 10.5.